The van der Waals surface area contributed by atoms with Crippen LogP contribution in [0.3, 0.4) is 0 Å². The Morgan fingerprint density at radius 3 is 2.19 bits per heavy atom. The van der Waals surface area contributed by atoms with E-state index in [1.165, 1.54) is 0 Å². The molecular weight excluding hydrogens is 200 g/mol. The lowest BCUT2D eigenvalue weighted by Gasteiger charge is -2.11. The van der Waals surface area contributed by atoms with Gasteiger partial charge in [-0.1, -0.05) is 44.2 Å². The van der Waals surface area contributed by atoms with E-state index in [0.717, 1.165) is 16.3 Å². The quantitative estimate of drug-likeness (QED) is 0.828. The average Bonchev–Trinajstić information content (AvgIpc) is 2.27. The molecule has 0 unspecified atom stereocenters. The van der Waals surface area contributed by atoms with Gasteiger partial charge in [-0.2, -0.15) is 0 Å². The Bertz CT molecular complexity index is 541. The summed E-state index contributed by atoms with van der Waals surface area (Å²) in [6.07, 6.45) is 0. The van der Waals surface area contributed by atoms with Crippen molar-refractivity contribution in [1.82, 2.24) is 0 Å². The highest BCUT2D eigenvalue weighted by atomic mass is 16.4. The van der Waals surface area contributed by atoms with Gasteiger partial charge in [0.05, 0.1) is 5.56 Å². The zero-order valence-corrected chi connectivity index (χ0v) is 9.40. The molecule has 0 aliphatic rings. The molecule has 1 N–H and O–H groups in total. The zero-order chi connectivity index (χ0) is 11.7. The van der Waals surface area contributed by atoms with E-state index in [1.807, 2.05) is 44.2 Å². The first-order valence-electron chi connectivity index (χ1n) is 5.35. The molecule has 0 aliphatic heterocycles. The minimum absolute atomic E-state index is 0.218. The minimum atomic E-state index is -0.852. The van der Waals surface area contributed by atoms with Crippen molar-refractivity contribution in [2.24, 2.45) is 0 Å². The molecule has 82 valence electrons. The number of hydrogen-bond acceptors (Lipinski definition) is 1. The van der Waals surface area contributed by atoms with E-state index in [-0.39, 0.29) is 5.92 Å². The first-order chi connectivity index (χ1) is 7.59. The number of carbonyl (C=O) groups is 1. The van der Waals surface area contributed by atoms with Crippen LogP contribution in [-0.4, -0.2) is 11.1 Å². The van der Waals surface area contributed by atoms with Crippen molar-refractivity contribution in [1.29, 1.82) is 0 Å². The second-order valence-electron chi connectivity index (χ2n) is 4.25. The maximum absolute atomic E-state index is 11.2. The van der Waals surface area contributed by atoms with Crippen LogP contribution in [-0.2, 0) is 0 Å². The molecule has 0 amide bonds. The monoisotopic (exact) mass is 214 g/mol. The lowest BCUT2D eigenvalue weighted by molar-refractivity contribution is 0.0695. The molecule has 2 heteroatoms. The van der Waals surface area contributed by atoms with Gasteiger partial charge in [0, 0.05) is 0 Å². The standard InChI is InChI=1S/C14H14O2/c1-9(2)12-7-10-5-3-4-6-11(10)8-13(12)14(15)16/h3-9H,1-2H3,(H,15,16). The molecule has 2 aromatic carbocycles. The molecular formula is C14H14O2. The van der Waals surface area contributed by atoms with E-state index in [2.05, 4.69) is 0 Å². The molecule has 0 aromatic heterocycles. The Morgan fingerprint density at radius 2 is 1.69 bits per heavy atom. The predicted molar refractivity (Wildman–Crippen MR) is 65.0 cm³/mol. The van der Waals surface area contributed by atoms with E-state index in [4.69, 9.17) is 0 Å². The SMILES string of the molecule is CC(C)c1cc2ccccc2cc1C(=O)O. The number of hydrogen-bond donors (Lipinski definition) is 1. The topological polar surface area (TPSA) is 37.3 Å². The van der Waals surface area contributed by atoms with Crippen LogP contribution in [0.15, 0.2) is 36.4 Å². The fraction of sp³-hybridized carbons (Fsp3) is 0.214. The lowest BCUT2D eigenvalue weighted by atomic mass is 9.93. The number of benzene rings is 2. The second-order valence-corrected chi connectivity index (χ2v) is 4.25. The maximum atomic E-state index is 11.2. The number of rotatable bonds is 2. The minimum Gasteiger partial charge on any atom is -0.478 e. The summed E-state index contributed by atoms with van der Waals surface area (Å²) in [5.41, 5.74) is 1.31. The van der Waals surface area contributed by atoms with E-state index in [1.54, 1.807) is 6.07 Å². The fourth-order valence-electron chi connectivity index (χ4n) is 1.92. The highest BCUT2D eigenvalue weighted by molar-refractivity contribution is 5.96. The molecule has 2 nitrogen and oxygen atoms in total. The Hall–Kier alpha value is -1.83. The Labute approximate surface area is 94.5 Å². The van der Waals surface area contributed by atoms with Crippen molar-refractivity contribution in [2.75, 3.05) is 0 Å². The summed E-state index contributed by atoms with van der Waals surface area (Å²) >= 11 is 0. The van der Waals surface area contributed by atoms with Crippen molar-refractivity contribution in [3.8, 4) is 0 Å². The molecule has 0 atom stereocenters. The van der Waals surface area contributed by atoms with Gasteiger partial charge in [-0.15, -0.1) is 0 Å². The van der Waals surface area contributed by atoms with Crippen molar-refractivity contribution >= 4 is 16.7 Å². The number of aromatic carboxylic acids is 1. The van der Waals surface area contributed by atoms with Gasteiger partial charge in [-0.05, 0) is 28.3 Å². The smallest absolute Gasteiger partial charge is 0.335 e. The third-order valence-corrected chi connectivity index (χ3v) is 2.77. The van der Waals surface area contributed by atoms with Crippen LogP contribution in [0.4, 0.5) is 0 Å². The van der Waals surface area contributed by atoms with E-state index in [9.17, 15) is 9.90 Å². The summed E-state index contributed by atoms with van der Waals surface area (Å²) in [4.78, 5) is 11.2. The summed E-state index contributed by atoms with van der Waals surface area (Å²) in [7, 11) is 0. The van der Waals surface area contributed by atoms with Crippen LogP contribution in [0.2, 0.25) is 0 Å². The van der Waals surface area contributed by atoms with Gasteiger partial charge in [0.1, 0.15) is 0 Å². The third-order valence-electron chi connectivity index (χ3n) is 2.77. The highest BCUT2D eigenvalue weighted by Crippen LogP contribution is 2.25. The van der Waals surface area contributed by atoms with Gasteiger partial charge in [0.25, 0.3) is 0 Å². The Kier molecular flexibility index (Phi) is 2.65. The third kappa shape index (κ3) is 1.78. The number of fused-ring (bicyclic) bond motifs is 1. The molecule has 16 heavy (non-hydrogen) atoms. The van der Waals surface area contributed by atoms with Gasteiger partial charge in [0.15, 0.2) is 0 Å². The highest BCUT2D eigenvalue weighted by Gasteiger charge is 2.13. The molecule has 2 aromatic rings. The van der Waals surface area contributed by atoms with Crippen molar-refractivity contribution in [3.63, 3.8) is 0 Å². The molecule has 0 heterocycles. The van der Waals surface area contributed by atoms with Gasteiger partial charge in [-0.3, -0.25) is 0 Å². The van der Waals surface area contributed by atoms with Gasteiger partial charge >= 0.3 is 5.97 Å². The summed E-state index contributed by atoms with van der Waals surface area (Å²) in [6.45, 7) is 4.02. The van der Waals surface area contributed by atoms with Crippen LogP contribution in [0, 0.1) is 0 Å². The van der Waals surface area contributed by atoms with E-state index >= 15 is 0 Å². The molecule has 0 aliphatic carbocycles. The van der Waals surface area contributed by atoms with Crippen LogP contribution < -0.4 is 0 Å². The van der Waals surface area contributed by atoms with Crippen molar-refractivity contribution < 1.29 is 9.90 Å². The first kappa shape index (κ1) is 10.7. The van der Waals surface area contributed by atoms with Crippen LogP contribution in [0.1, 0.15) is 35.7 Å². The van der Waals surface area contributed by atoms with Gasteiger partial charge in [-0.25, -0.2) is 4.79 Å². The summed E-state index contributed by atoms with van der Waals surface area (Å²) < 4.78 is 0. The summed E-state index contributed by atoms with van der Waals surface area (Å²) in [6, 6.07) is 11.6. The molecule has 0 saturated heterocycles. The molecule has 0 saturated carbocycles. The van der Waals surface area contributed by atoms with E-state index in [0.29, 0.717) is 5.56 Å². The number of carboxylic acid groups (broad SMARTS) is 1. The van der Waals surface area contributed by atoms with Crippen LogP contribution in [0.25, 0.3) is 10.8 Å². The Morgan fingerprint density at radius 1 is 1.12 bits per heavy atom. The van der Waals surface area contributed by atoms with Crippen molar-refractivity contribution in [3.05, 3.63) is 47.5 Å². The summed E-state index contributed by atoms with van der Waals surface area (Å²) in [5.74, 6) is -0.634. The zero-order valence-electron chi connectivity index (χ0n) is 9.40. The van der Waals surface area contributed by atoms with Crippen LogP contribution >= 0.6 is 0 Å². The lowest BCUT2D eigenvalue weighted by Crippen LogP contribution is -2.03. The van der Waals surface area contributed by atoms with E-state index < -0.39 is 5.97 Å². The predicted octanol–water partition coefficient (Wildman–Crippen LogP) is 3.66. The number of carboxylic acids is 1. The first-order valence-corrected chi connectivity index (χ1v) is 5.35. The maximum Gasteiger partial charge on any atom is 0.335 e. The van der Waals surface area contributed by atoms with Crippen LogP contribution in [0.5, 0.6) is 0 Å². The molecule has 2 rings (SSSR count). The Balaban J connectivity index is 2.76. The largest absolute Gasteiger partial charge is 0.478 e. The summed E-state index contributed by atoms with van der Waals surface area (Å²) in [5, 5.41) is 11.2. The average molecular weight is 214 g/mol. The second kappa shape index (κ2) is 3.97. The molecule has 0 radical (unpaired) electrons. The fourth-order valence-corrected chi connectivity index (χ4v) is 1.92. The van der Waals surface area contributed by atoms with Crippen molar-refractivity contribution in [2.45, 2.75) is 19.8 Å². The molecule has 0 spiro atoms. The molecule has 0 fully saturated rings. The normalized spacial score (nSPS) is 10.9. The molecule has 0 bridgehead atoms. The van der Waals surface area contributed by atoms with Gasteiger partial charge in [0.2, 0.25) is 0 Å². The van der Waals surface area contributed by atoms with Gasteiger partial charge < -0.3 is 5.11 Å².